The van der Waals surface area contributed by atoms with Crippen molar-refractivity contribution in [1.29, 1.82) is 0 Å². The zero-order valence-electron chi connectivity index (χ0n) is 17.1. The fourth-order valence-electron chi connectivity index (χ4n) is 3.82. The molecule has 4 rings (SSSR count). The molecule has 0 spiro atoms. The third kappa shape index (κ3) is 4.21. The Morgan fingerprint density at radius 2 is 2.07 bits per heavy atom. The number of rotatable bonds is 6. The quantitative estimate of drug-likeness (QED) is 0.526. The van der Waals surface area contributed by atoms with E-state index in [9.17, 15) is 4.79 Å². The Balaban J connectivity index is 1.50. The summed E-state index contributed by atoms with van der Waals surface area (Å²) in [5, 5.41) is 7.05. The van der Waals surface area contributed by atoms with Gasteiger partial charge in [0.15, 0.2) is 5.11 Å². The van der Waals surface area contributed by atoms with Gasteiger partial charge in [0.25, 0.3) is 0 Å². The Bertz CT molecular complexity index is 1040. The third-order valence-electron chi connectivity index (χ3n) is 5.39. The van der Waals surface area contributed by atoms with Gasteiger partial charge in [0, 0.05) is 36.7 Å². The lowest BCUT2D eigenvalue weighted by atomic mass is 10.0. The topological polar surface area (TPSA) is 73.1 Å². The minimum atomic E-state index is -0.0839. The standard InChI is InChI=1S/C23H25N5OS/c1-15-8-9-16(2)19(14-15)26-20(29)10-13-28-22(18-7-5-12-25-18)21(27-23(28)30)17-6-3-4-11-24-17/h3-9,11-12,14,21-22,25H,10,13H2,1-2H3,(H,26,29)(H,27,30)/t21-,22+/m0/s1. The van der Waals surface area contributed by atoms with E-state index < -0.39 is 0 Å². The highest BCUT2D eigenvalue weighted by molar-refractivity contribution is 7.80. The van der Waals surface area contributed by atoms with Crippen LogP contribution in [0.1, 0.15) is 41.0 Å². The van der Waals surface area contributed by atoms with Crippen molar-refractivity contribution < 1.29 is 4.79 Å². The van der Waals surface area contributed by atoms with Crippen molar-refractivity contribution in [3.05, 3.63) is 83.4 Å². The summed E-state index contributed by atoms with van der Waals surface area (Å²) in [6.07, 6.45) is 4.02. The zero-order valence-corrected chi connectivity index (χ0v) is 17.9. The van der Waals surface area contributed by atoms with Crippen LogP contribution >= 0.6 is 12.2 Å². The van der Waals surface area contributed by atoms with Crippen molar-refractivity contribution >= 4 is 28.9 Å². The maximum atomic E-state index is 12.7. The Hall–Kier alpha value is -3.19. The van der Waals surface area contributed by atoms with Gasteiger partial charge in [-0.05, 0) is 67.5 Å². The molecule has 3 N–H and O–H groups in total. The second-order valence-electron chi connectivity index (χ2n) is 7.56. The predicted molar refractivity (Wildman–Crippen MR) is 122 cm³/mol. The molecule has 0 radical (unpaired) electrons. The molecule has 7 heteroatoms. The van der Waals surface area contributed by atoms with Crippen LogP contribution in [-0.4, -0.2) is 32.4 Å². The number of pyridine rings is 1. The number of nitrogens with one attached hydrogen (secondary N) is 3. The van der Waals surface area contributed by atoms with Crippen LogP contribution in [0.3, 0.4) is 0 Å². The summed E-state index contributed by atoms with van der Waals surface area (Å²) in [5.41, 5.74) is 4.97. The first-order chi connectivity index (χ1) is 14.5. The van der Waals surface area contributed by atoms with E-state index in [-0.39, 0.29) is 18.0 Å². The Morgan fingerprint density at radius 1 is 1.20 bits per heavy atom. The molecule has 0 aliphatic carbocycles. The van der Waals surface area contributed by atoms with Crippen LogP contribution in [0.5, 0.6) is 0 Å². The third-order valence-corrected chi connectivity index (χ3v) is 5.74. The van der Waals surface area contributed by atoms with Crippen LogP contribution in [0.25, 0.3) is 0 Å². The molecule has 3 heterocycles. The van der Waals surface area contributed by atoms with Crippen molar-refractivity contribution in [2.75, 3.05) is 11.9 Å². The monoisotopic (exact) mass is 419 g/mol. The van der Waals surface area contributed by atoms with E-state index in [0.29, 0.717) is 18.1 Å². The number of aromatic nitrogens is 2. The molecule has 1 aromatic carbocycles. The molecule has 1 fully saturated rings. The lowest BCUT2D eigenvalue weighted by Gasteiger charge is -2.26. The summed E-state index contributed by atoms with van der Waals surface area (Å²) in [5.74, 6) is -0.0296. The Labute approximate surface area is 181 Å². The van der Waals surface area contributed by atoms with Crippen LogP contribution in [0.4, 0.5) is 5.69 Å². The number of thiocarbonyl (C=S) groups is 1. The van der Waals surface area contributed by atoms with Gasteiger partial charge in [-0.1, -0.05) is 18.2 Å². The average molecular weight is 420 g/mol. The number of carbonyl (C=O) groups is 1. The Kier molecular flexibility index (Phi) is 5.81. The highest BCUT2D eigenvalue weighted by Crippen LogP contribution is 2.37. The molecule has 154 valence electrons. The van der Waals surface area contributed by atoms with Gasteiger partial charge in [0.2, 0.25) is 5.91 Å². The lowest BCUT2D eigenvalue weighted by Crippen LogP contribution is -2.32. The molecule has 2 atom stereocenters. The number of nitrogens with zero attached hydrogens (tertiary/aromatic N) is 2. The SMILES string of the molecule is Cc1ccc(C)c(NC(=O)CCN2C(=S)N[C@@H](c3ccccn3)[C@H]2c2ccc[nH]2)c1. The van der Waals surface area contributed by atoms with Gasteiger partial charge in [-0.3, -0.25) is 9.78 Å². The summed E-state index contributed by atoms with van der Waals surface area (Å²) in [7, 11) is 0. The van der Waals surface area contributed by atoms with Gasteiger partial charge in [-0.2, -0.15) is 0 Å². The highest BCUT2D eigenvalue weighted by Gasteiger charge is 2.40. The molecular formula is C23H25N5OS. The van der Waals surface area contributed by atoms with E-state index >= 15 is 0 Å². The van der Waals surface area contributed by atoms with Crippen molar-refractivity contribution in [3.8, 4) is 0 Å². The largest absolute Gasteiger partial charge is 0.363 e. The van der Waals surface area contributed by atoms with Crippen LogP contribution in [0.15, 0.2) is 60.9 Å². The first-order valence-corrected chi connectivity index (χ1v) is 10.4. The second kappa shape index (κ2) is 8.67. The highest BCUT2D eigenvalue weighted by atomic mass is 32.1. The van der Waals surface area contributed by atoms with E-state index in [1.54, 1.807) is 6.20 Å². The molecule has 1 aliphatic heterocycles. The van der Waals surface area contributed by atoms with Crippen LogP contribution in [0.2, 0.25) is 0 Å². The fraction of sp³-hybridized carbons (Fsp3) is 0.261. The molecular weight excluding hydrogens is 394 g/mol. The molecule has 1 aliphatic rings. The number of carbonyl (C=O) groups excluding carboxylic acids is 1. The molecule has 30 heavy (non-hydrogen) atoms. The zero-order chi connectivity index (χ0) is 21.1. The smallest absolute Gasteiger partial charge is 0.226 e. The summed E-state index contributed by atoms with van der Waals surface area (Å²) in [6, 6.07) is 15.8. The normalized spacial score (nSPS) is 18.3. The molecule has 1 saturated heterocycles. The van der Waals surface area contributed by atoms with E-state index in [0.717, 1.165) is 28.2 Å². The summed E-state index contributed by atoms with van der Waals surface area (Å²) >= 11 is 5.63. The Morgan fingerprint density at radius 3 is 2.80 bits per heavy atom. The van der Waals surface area contributed by atoms with Crippen LogP contribution < -0.4 is 10.6 Å². The van der Waals surface area contributed by atoms with Crippen molar-refractivity contribution in [3.63, 3.8) is 0 Å². The summed E-state index contributed by atoms with van der Waals surface area (Å²) in [4.78, 5) is 22.6. The number of benzene rings is 1. The van der Waals surface area contributed by atoms with Crippen molar-refractivity contribution in [2.24, 2.45) is 0 Å². The molecule has 3 aromatic rings. The molecule has 0 saturated carbocycles. The van der Waals surface area contributed by atoms with Crippen LogP contribution in [-0.2, 0) is 4.79 Å². The first kappa shape index (κ1) is 20.1. The second-order valence-corrected chi connectivity index (χ2v) is 7.95. The number of hydrogen-bond acceptors (Lipinski definition) is 3. The number of aromatic amines is 1. The number of amides is 1. The fourth-order valence-corrected chi connectivity index (χ4v) is 4.15. The molecule has 0 unspecified atom stereocenters. The van der Waals surface area contributed by atoms with E-state index in [1.165, 1.54) is 0 Å². The summed E-state index contributed by atoms with van der Waals surface area (Å²) < 4.78 is 0. The molecule has 1 amide bonds. The lowest BCUT2D eigenvalue weighted by molar-refractivity contribution is -0.116. The van der Waals surface area contributed by atoms with Gasteiger partial charge in [-0.25, -0.2) is 0 Å². The maximum Gasteiger partial charge on any atom is 0.226 e. The first-order valence-electron chi connectivity index (χ1n) is 10.0. The van der Waals surface area contributed by atoms with Gasteiger partial charge in [0.1, 0.15) is 0 Å². The van der Waals surface area contributed by atoms with Crippen LogP contribution in [0, 0.1) is 13.8 Å². The van der Waals surface area contributed by atoms with Crippen molar-refractivity contribution in [1.82, 2.24) is 20.2 Å². The minimum absolute atomic E-state index is 0.0296. The number of H-pyrrole nitrogens is 1. The summed E-state index contributed by atoms with van der Waals surface area (Å²) in [6.45, 7) is 4.52. The van der Waals surface area contributed by atoms with E-state index in [1.807, 2.05) is 68.6 Å². The number of hydrogen-bond donors (Lipinski definition) is 3. The van der Waals surface area contributed by atoms with E-state index in [2.05, 4.69) is 25.5 Å². The number of anilines is 1. The van der Waals surface area contributed by atoms with E-state index in [4.69, 9.17) is 12.2 Å². The van der Waals surface area contributed by atoms with Gasteiger partial charge in [0.05, 0.1) is 17.8 Å². The minimum Gasteiger partial charge on any atom is -0.363 e. The van der Waals surface area contributed by atoms with Gasteiger partial charge in [-0.15, -0.1) is 0 Å². The number of aryl methyl sites for hydroxylation is 2. The van der Waals surface area contributed by atoms with Gasteiger partial charge < -0.3 is 20.5 Å². The average Bonchev–Trinajstić information content (AvgIpc) is 3.37. The predicted octanol–water partition coefficient (Wildman–Crippen LogP) is 4.03. The van der Waals surface area contributed by atoms with Gasteiger partial charge >= 0.3 is 0 Å². The molecule has 6 nitrogen and oxygen atoms in total. The maximum absolute atomic E-state index is 12.7. The molecule has 0 bridgehead atoms. The molecule has 2 aromatic heterocycles. The van der Waals surface area contributed by atoms with Crippen molar-refractivity contribution in [2.45, 2.75) is 32.4 Å².